The second-order valence-electron chi connectivity index (χ2n) is 12.0. The van der Waals surface area contributed by atoms with Crippen molar-refractivity contribution in [3.05, 3.63) is 165 Å². The number of hydrogen-bond acceptors (Lipinski definition) is 7. The van der Waals surface area contributed by atoms with Crippen LogP contribution in [0.2, 0.25) is 0 Å². The molecule has 0 N–H and O–H groups in total. The van der Waals surface area contributed by atoms with E-state index >= 15 is 0 Å². The number of likely N-dealkylation sites (tertiary alicyclic amines) is 1. The Morgan fingerprint density at radius 3 is 2.18 bits per heavy atom. The molecule has 1 aliphatic rings. The van der Waals surface area contributed by atoms with Crippen molar-refractivity contribution in [2.75, 3.05) is 12.8 Å². The Morgan fingerprint density at radius 1 is 0.898 bits per heavy atom. The van der Waals surface area contributed by atoms with Gasteiger partial charge in [0, 0.05) is 12.5 Å². The van der Waals surface area contributed by atoms with Crippen molar-refractivity contribution in [3.63, 3.8) is 0 Å². The van der Waals surface area contributed by atoms with Gasteiger partial charge in [0.1, 0.15) is 18.5 Å². The fourth-order valence-corrected chi connectivity index (χ4v) is 6.98. The molecule has 0 saturated carbocycles. The van der Waals surface area contributed by atoms with Crippen LogP contribution in [0.3, 0.4) is 0 Å². The van der Waals surface area contributed by atoms with E-state index in [0.29, 0.717) is 24.0 Å². The molecule has 2 heterocycles. The van der Waals surface area contributed by atoms with Crippen LogP contribution in [0.4, 0.5) is 4.39 Å². The van der Waals surface area contributed by atoms with Gasteiger partial charge in [0.15, 0.2) is 11.4 Å². The van der Waals surface area contributed by atoms with E-state index in [1.165, 1.54) is 27.9 Å². The van der Waals surface area contributed by atoms with Crippen LogP contribution in [0.5, 0.6) is 5.75 Å². The Morgan fingerprint density at radius 2 is 1.53 bits per heavy atom. The van der Waals surface area contributed by atoms with E-state index in [1.807, 2.05) is 78.9 Å². The monoisotopic (exact) mass is 681 g/mol. The highest BCUT2D eigenvalue weighted by molar-refractivity contribution is 7.86. The lowest BCUT2D eigenvalue weighted by molar-refractivity contribution is 0.0526. The molecular formula is C38H36FN3O6S. The SMILES string of the molecule is CS(=O)(=O)O[C@H]([C@H](c1ccccc1)c1cccc(F)c1)[C@H]1CCCN1C(=O)c1nn(Cc2ccccc2)cc(OCc2ccccc2)c1=O. The van der Waals surface area contributed by atoms with Crippen molar-refractivity contribution >= 4 is 16.0 Å². The van der Waals surface area contributed by atoms with Gasteiger partial charge in [-0.1, -0.05) is 103 Å². The number of halogens is 1. The molecule has 0 spiro atoms. The van der Waals surface area contributed by atoms with Crippen LogP contribution < -0.4 is 10.2 Å². The third-order valence-electron chi connectivity index (χ3n) is 8.48. The van der Waals surface area contributed by atoms with Crippen molar-refractivity contribution in [3.8, 4) is 5.75 Å². The molecule has 5 aromatic rings. The molecule has 1 aliphatic heterocycles. The van der Waals surface area contributed by atoms with Crippen molar-refractivity contribution < 1.29 is 26.5 Å². The number of aromatic nitrogens is 2. The quantitative estimate of drug-likeness (QED) is 0.154. The summed E-state index contributed by atoms with van der Waals surface area (Å²) >= 11 is 0. The van der Waals surface area contributed by atoms with E-state index in [0.717, 1.165) is 17.4 Å². The molecule has 4 aromatic carbocycles. The van der Waals surface area contributed by atoms with Gasteiger partial charge in [-0.3, -0.25) is 18.5 Å². The first-order valence-electron chi connectivity index (χ1n) is 16.0. The van der Waals surface area contributed by atoms with Gasteiger partial charge in [-0.05, 0) is 47.2 Å². The van der Waals surface area contributed by atoms with Gasteiger partial charge < -0.3 is 9.64 Å². The van der Waals surface area contributed by atoms with Gasteiger partial charge >= 0.3 is 0 Å². The van der Waals surface area contributed by atoms with Crippen molar-refractivity contribution in [2.45, 2.75) is 44.1 Å². The molecule has 1 aromatic heterocycles. The van der Waals surface area contributed by atoms with Gasteiger partial charge in [0.25, 0.3) is 21.5 Å². The predicted molar refractivity (Wildman–Crippen MR) is 183 cm³/mol. The van der Waals surface area contributed by atoms with E-state index in [4.69, 9.17) is 8.92 Å². The fraction of sp³-hybridized carbons (Fsp3) is 0.237. The van der Waals surface area contributed by atoms with Gasteiger partial charge in [-0.25, -0.2) is 4.39 Å². The standard InChI is InChI=1S/C38H36FN3O6S/c1-49(45,46)48-37(34(29-17-9-4-10-18-29)30-19-11-20-31(39)23-30)32-21-12-22-42(32)38(44)35-36(43)33(47-26-28-15-7-3-8-16-28)25-41(40-35)24-27-13-5-2-6-14-27/h2-11,13-20,23,25,32,34,37H,12,21-22,24,26H2,1H3/t32-,34-,37+/m1/s1. The number of nitrogens with zero attached hydrogens (tertiary/aromatic N) is 3. The summed E-state index contributed by atoms with van der Waals surface area (Å²) in [6.45, 7) is 0.594. The van der Waals surface area contributed by atoms with Crippen molar-refractivity contribution in [1.29, 1.82) is 0 Å². The summed E-state index contributed by atoms with van der Waals surface area (Å²) < 4.78 is 53.5. The first-order chi connectivity index (χ1) is 23.7. The molecule has 0 aliphatic carbocycles. The Bertz CT molecular complexity index is 2060. The van der Waals surface area contributed by atoms with E-state index in [1.54, 1.807) is 24.3 Å². The van der Waals surface area contributed by atoms with Crippen LogP contribution in [0, 0.1) is 5.82 Å². The van der Waals surface area contributed by atoms with Gasteiger partial charge in [0.2, 0.25) is 0 Å². The summed E-state index contributed by atoms with van der Waals surface area (Å²) in [6, 6.07) is 33.0. The third kappa shape index (κ3) is 8.30. The zero-order valence-corrected chi connectivity index (χ0v) is 27.7. The molecule has 11 heteroatoms. The highest BCUT2D eigenvalue weighted by Crippen LogP contribution is 2.38. The number of hydrogen-bond donors (Lipinski definition) is 0. The maximum atomic E-state index is 14.6. The van der Waals surface area contributed by atoms with Crippen LogP contribution in [0.1, 0.15) is 51.5 Å². The molecule has 1 fully saturated rings. The average molecular weight is 682 g/mol. The fourth-order valence-electron chi connectivity index (χ4n) is 6.34. The molecule has 252 valence electrons. The zero-order chi connectivity index (χ0) is 34.4. The van der Waals surface area contributed by atoms with E-state index in [2.05, 4.69) is 5.10 Å². The highest BCUT2D eigenvalue weighted by atomic mass is 32.2. The maximum absolute atomic E-state index is 14.6. The lowest BCUT2D eigenvalue weighted by Crippen LogP contribution is -2.48. The molecule has 0 unspecified atom stereocenters. The first-order valence-corrected chi connectivity index (χ1v) is 17.8. The summed E-state index contributed by atoms with van der Waals surface area (Å²) in [5.41, 5.74) is 1.87. The summed E-state index contributed by atoms with van der Waals surface area (Å²) in [5, 5.41) is 4.49. The van der Waals surface area contributed by atoms with Crippen molar-refractivity contribution in [2.24, 2.45) is 0 Å². The maximum Gasteiger partial charge on any atom is 0.278 e. The van der Waals surface area contributed by atoms with E-state index in [9.17, 15) is 22.4 Å². The number of benzene rings is 4. The molecule has 0 radical (unpaired) electrons. The molecule has 0 bridgehead atoms. The van der Waals surface area contributed by atoms with Crippen LogP contribution in [-0.2, 0) is 27.5 Å². The largest absolute Gasteiger partial charge is 0.483 e. The third-order valence-corrected chi connectivity index (χ3v) is 9.05. The summed E-state index contributed by atoms with van der Waals surface area (Å²) in [6.07, 6.45) is 2.20. The average Bonchev–Trinajstić information content (AvgIpc) is 3.59. The number of amides is 1. The number of carbonyl (C=O) groups is 1. The molecule has 3 atom stereocenters. The second-order valence-corrected chi connectivity index (χ2v) is 13.6. The lowest BCUT2D eigenvalue weighted by atomic mass is 9.82. The topological polar surface area (TPSA) is 108 Å². The lowest BCUT2D eigenvalue weighted by Gasteiger charge is -2.36. The number of ether oxygens (including phenoxy) is 1. The van der Waals surface area contributed by atoms with Crippen LogP contribution >= 0.6 is 0 Å². The molecule has 49 heavy (non-hydrogen) atoms. The summed E-state index contributed by atoms with van der Waals surface area (Å²) in [7, 11) is -4.07. The minimum atomic E-state index is -4.07. The highest BCUT2D eigenvalue weighted by Gasteiger charge is 2.43. The Balaban J connectivity index is 1.41. The minimum Gasteiger partial charge on any atom is -0.483 e. The minimum absolute atomic E-state index is 0.0419. The predicted octanol–water partition coefficient (Wildman–Crippen LogP) is 5.79. The normalized spacial score (nSPS) is 15.9. The summed E-state index contributed by atoms with van der Waals surface area (Å²) in [5.74, 6) is -1.98. The number of carbonyl (C=O) groups excluding carboxylic acids is 1. The molecule has 1 amide bonds. The van der Waals surface area contributed by atoms with Gasteiger partial charge in [-0.2, -0.15) is 13.5 Å². The Kier molecular flexibility index (Phi) is 10.3. The van der Waals surface area contributed by atoms with Gasteiger partial charge in [0.05, 0.1) is 25.0 Å². The molecule has 1 saturated heterocycles. The molecule has 6 rings (SSSR count). The zero-order valence-electron chi connectivity index (χ0n) is 26.9. The molecular weight excluding hydrogens is 645 g/mol. The van der Waals surface area contributed by atoms with E-state index < -0.39 is 45.3 Å². The van der Waals surface area contributed by atoms with Gasteiger partial charge in [-0.15, -0.1) is 0 Å². The molecule has 9 nitrogen and oxygen atoms in total. The first kappa shape index (κ1) is 33.8. The summed E-state index contributed by atoms with van der Waals surface area (Å²) in [4.78, 5) is 29.8. The van der Waals surface area contributed by atoms with Crippen LogP contribution in [0.25, 0.3) is 0 Å². The van der Waals surface area contributed by atoms with Crippen LogP contribution in [0.15, 0.2) is 126 Å². The van der Waals surface area contributed by atoms with Crippen molar-refractivity contribution in [1.82, 2.24) is 14.7 Å². The van der Waals surface area contributed by atoms with E-state index in [-0.39, 0.29) is 31.1 Å². The Labute approximate surface area is 284 Å². The van der Waals surface area contributed by atoms with Crippen LogP contribution in [-0.4, -0.2) is 54.0 Å². The smallest absolute Gasteiger partial charge is 0.278 e. The second kappa shape index (κ2) is 15.0. The number of rotatable bonds is 12. The Hall–Kier alpha value is -5.13.